The largest absolute Gasteiger partial charge is 0.310 e. The lowest BCUT2D eigenvalue weighted by molar-refractivity contribution is -0.117. The zero-order valence-electron chi connectivity index (χ0n) is 16.8. The van der Waals surface area contributed by atoms with E-state index in [-0.39, 0.29) is 23.5 Å². The van der Waals surface area contributed by atoms with Crippen molar-refractivity contribution in [3.05, 3.63) is 47.7 Å². The van der Waals surface area contributed by atoms with Gasteiger partial charge in [-0.1, -0.05) is 30.3 Å². The molecule has 1 atom stereocenters. The van der Waals surface area contributed by atoms with Crippen LogP contribution >= 0.6 is 0 Å². The number of likely N-dealkylation sites (tertiary alicyclic amines) is 1. The monoisotopic (exact) mass is 416 g/mol. The van der Waals surface area contributed by atoms with E-state index in [9.17, 15) is 13.2 Å². The van der Waals surface area contributed by atoms with Crippen LogP contribution < -0.4 is 5.32 Å². The first-order valence-electron chi connectivity index (χ1n) is 10.2. The Bertz CT molecular complexity index is 963. The molecule has 2 fully saturated rings. The van der Waals surface area contributed by atoms with Crippen molar-refractivity contribution in [1.82, 2.24) is 14.7 Å². The number of hydrogen-bond acceptors (Lipinski definition) is 5. The summed E-state index contributed by atoms with van der Waals surface area (Å²) in [5.74, 6) is 1.34. The molecular weight excluding hydrogens is 388 g/mol. The summed E-state index contributed by atoms with van der Waals surface area (Å²) in [6.07, 6.45) is 2.64. The number of rotatable bonds is 5. The minimum absolute atomic E-state index is 0.0786. The Morgan fingerprint density at radius 1 is 1.17 bits per heavy atom. The van der Waals surface area contributed by atoms with Crippen molar-refractivity contribution >= 4 is 21.6 Å². The summed E-state index contributed by atoms with van der Waals surface area (Å²) in [6, 6.07) is 12.2. The molecule has 0 radical (unpaired) electrons. The highest BCUT2D eigenvalue weighted by atomic mass is 32.2. The predicted molar refractivity (Wildman–Crippen MR) is 113 cm³/mol. The minimum atomic E-state index is -3.01. The average Bonchev–Trinajstić information content (AvgIpc) is 3.24. The van der Waals surface area contributed by atoms with Crippen LogP contribution in [0, 0.1) is 6.92 Å². The fraction of sp³-hybridized carbons (Fsp3) is 0.524. The lowest BCUT2D eigenvalue weighted by atomic mass is 9.89. The van der Waals surface area contributed by atoms with E-state index in [2.05, 4.69) is 39.6 Å². The van der Waals surface area contributed by atoms with Crippen LogP contribution in [0.2, 0.25) is 0 Å². The molecule has 1 aromatic carbocycles. The van der Waals surface area contributed by atoms with Crippen LogP contribution in [0.15, 0.2) is 36.4 Å². The van der Waals surface area contributed by atoms with Crippen molar-refractivity contribution in [2.45, 2.75) is 38.1 Å². The lowest BCUT2D eigenvalue weighted by Gasteiger charge is -2.31. The smallest absolute Gasteiger partial charge is 0.239 e. The van der Waals surface area contributed by atoms with Crippen molar-refractivity contribution in [1.29, 1.82) is 0 Å². The van der Waals surface area contributed by atoms with Crippen molar-refractivity contribution in [3.8, 4) is 0 Å². The van der Waals surface area contributed by atoms with E-state index in [0.717, 1.165) is 31.6 Å². The number of nitrogens with zero attached hydrogens (tertiary/aromatic N) is 3. The summed E-state index contributed by atoms with van der Waals surface area (Å²) in [5.41, 5.74) is 2.15. The van der Waals surface area contributed by atoms with E-state index in [1.165, 1.54) is 5.56 Å². The Morgan fingerprint density at radius 2 is 1.90 bits per heavy atom. The summed E-state index contributed by atoms with van der Waals surface area (Å²) in [5, 5.41) is 7.38. The molecule has 2 aliphatic heterocycles. The van der Waals surface area contributed by atoms with Gasteiger partial charge in [-0.2, -0.15) is 5.10 Å². The number of carbonyl (C=O) groups is 1. The molecule has 0 spiro atoms. The molecule has 0 aliphatic carbocycles. The van der Waals surface area contributed by atoms with E-state index < -0.39 is 9.84 Å². The highest BCUT2D eigenvalue weighted by Crippen LogP contribution is 2.29. The third-order valence-electron chi connectivity index (χ3n) is 5.91. The summed E-state index contributed by atoms with van der Waals surface area (Å²) in [6.45, 7) is 3.98. The van der Waals surface area contributed by atoms with Crippen LogP contribution in [0.3, 0.4) is 0 Å². The molecule has 156 valence electrons. The Hall–Kier alpha value is -2.19. The molecular formula is C21H28N4O3S. The molecule has 4 rings (SSSR count). The molecule has 8 heteroatoms. The van der Waals surface area contributed by atoms with E-state index in [1.807, 2.05) is 19.1 Å². The molecule has 1 aromatic heterocycles. The van der Waals surface area contributed by atoms with Crippen LogP contribution in [0.25, 0.3) is 0 Å². The first-order chi connectivity index (χ1) is 13.9. The number of piperidine rings is 1. The molecule has 2 saturated heterocycles. The number of anilines is 1. The SMILES string of the molecule is Cc1cc(NC(=O)CN2CCC(c3ccccc3)CC2)n(C2CCS(=O)(=O)C2)n1. The maximum atomic E-state index is 12.6. The maximum Gasteiger partial charge on any atom is 0.239 e. The van der Waals surface area contributed by atoms with Crippen molar-refractivity contribution in [3.63, 3.8) is 0 Å². The van der Waals surface area contributed by atoms with Gasteiger partial charge in [-0.05, 0) is 50.8 Å². The second-order valence-corrected chi connectivity index (χ2v) is 10.4. The zero-order chi connectivity index (χ0) is 20.4. The quantitative estimate of drug-likeness (QED) is 0.809. The van der Waals surface area contributed by atoms with Crippen LogP contribution in [-0.2, 0) is 14.6 Å². The summed E-state index contributed by atoms with van der Waals surface area (Å²) in [4.78, 5) is 14.8. The number of hydrogen-bond donors (Lipinski definition) is 1. The van der Waals surface area contributed by atoms with Gasteiger partial charge in [0.15, 0.2) is 9.84 Å². The Kier molecular flexibility index (Phi) is 5.74. The standard InChI is InChI=1S/C21H28N4O3S/c1-16-13-20(25(23-16)19-9-12-29(27,28)15-19)22-21(26)14-24-10-7-18(8-11-24)17-5-3-2-4-6-17/h2-6,13,18-19H,7-12,14-15H2,1H3,(H,22,26). The number of benzene rings is 1. The van der Waals surface area contributed by atoms with E-state index >= 15 is 0 Å². The minimum Gasteiger partial charge on any atom is -0.310 e. The number of carbonyl (C=O) groups excluding carboxylic acids is 1. The lowest BCUT2D eigenvalue weighted by Crippen LogP contribution is -2.39. The molecule has 2 aromatic rings. The van der Waals surface area contributed by atoms with Crippen LogP contribution in [0.1, 0.15) is 42.5 Å². The van der Waals surface area contributed by atoms with Crippen molar-refractivity contribution in [2.75, 3.05) is 36.5 Å². The normalized spacial score (nSPS) is 22.6. The Morgan fingerprint density at radius 3 is 2.55 bits per heavy atom. The second kappa shape index (κ2) is 8.28. The summed E-state index contributed by atoms with van der Waals surface area (Å²) < 4.78 is 25.3. The molecule has 0 saturated carbocycles. The molecule has 29 heavy (non-hydrogen) atoms. The predicted octanol–water partition coefficient (Wildman–Crippen LogP) is 2.37. The van der Waals surface area contributed by atoms with Crippen LogP contribution in [0.4, 0.5) is 5.82 Å². The van der Waals surface area contributed by atoms with Gasteiger partial charge in [-0.15, -0.1) is 0 Å². The maximum absolute atomic E-state index is 12.6. The van der Waals surface area contributed by atoms with E-state index in [4.69, 9.17) is 0 Å². The van der Waals surface area contributed by atoms with E-state index in [1.54, 1.807) is 4.68 Å². The number of aryl methyl sites for hydroxylation is 1. The molecule has 0 bridgehead atoms. The molecule has 7 nitrogen and oxygen atoms in total. The van der Waals surface area contributed by atoms with Gasteiger partial charge in [-0.25, -0.2) is 13.1 Å². The fourth-order valence-electron chi connectivity index (χ4n) is 4.39. The van der Waals surface area contributed by atoms with Gasteiger partial charge < -0.3 is 5.32 Å². The third kappa shape index (κ3) is 4.87. The van der Waals surface area contributed by atoms with Crippen molar-refractivity contribution in [2.24, 2.45) is 0 Å². The Balaban J connectivity index is 1.33. The number of nitrogens with one attached hydrogen (secondary N) is 1. The topological polar surface area (TPSA) is 84.3 Å². The average molecular weight is 417 g/mol. The van der Waals surface area contributed by atoms with Gasteiger partial charge in [-0.3, -0.25) is 9.69 Å². The van der Waals surface area contributed by atoms with Crippen LogP contribution in [-0.4, -0.2) is 60.1 Å². The number of amides is 1. The first kappa shape index (κ1) is 20.1. The molecule has 1 amide bonds. The summed E-state index contributed by atoms with van der Waals surface area (Å²) in [7, 11) is -3.01. The highest BCUT2D eigenvalue weighted by molar-refractivity contribution is 7.91. The Labute approximate surface area is 172 Å². The summed E-state index contributed by atoms with van der Waals surface area (Å²) >= 11 is 0. The second-order valence-electron chi connectivity index (χ2n) is 8.18. The first-order valence-corrected chi connectivity index (χ1v) is 12.1. The fourth-order valence-corrected chi connectivity index (χ4v) is 6.08. The third-order valence-corrected chi connectivity index (χ3v) is 7.66. The van der Waals surface area contributed by atoms with Crippen molar-refractivity contribution < 1.29 is 13.2 Å². The van der Waals surface area contributed by atoms with Gasteiger partial charge in [0.05, 0.1) is 29.8 Å². The van der Waals surface area contributed by atoms with Crippen LogP contribution in [0.5, 0.6) is 0 Å². The van der Waals surface area contributed by atoms with E-state index in [0.29, 0.717) is 24.7 Å². The highest BCUT2D eigenvalue weighted by Gasteiger charge is 2.31. The molecule has 1 unspecified atom stereocenters. The van der Waals surface area contributed by atoms with Gasteiger partial charge in [0, 0.05) is 6.07 Å². The molecule has 1 N–H and O–H groups in total. The van der Waals surface area contributed by atoms with Gasteiger partial charge >= 0.3 is 0 Å². The van der Waals surface area contributed by atoms with Gasteiger partial charge in [0.1, 0.15) is 5.82 Å². The zero-order valence-corrected chi connectivity index (χ0v) is 17.6. The number of sulfone groups is 1. The van der Waals surface area contributed by atoms with Gasteiger partial charge in [0.2, 0.25) is 5.91 Å². The van der Waals surface area contributed by atoms with Gasteiger partial charge in [0.25, 0.3) is 0 Å². The molecule has 3 heterocycles. The molecule has 2 aliphatic rings. The number of aromatic nitrogens is 2.